The van der Waals surface area contributed by atoms with Gasteiger partial charge in [-0.1, -0.05) is 17.7 Å². The minimum atomic E-state index is -0.525. The maximum atomic E-state index is 14.4. The van der Waals surface area contributed by atoms with Crippen molar-refractivity contribution < 1.29 is 9.13 Å². The molecule has 35 heavy (non-hydrogen) atoms. The minimum absolute atomic E-state index is 0.0859. The number of nitrogens with zero attached hydrogens (tertiary/aromatic N) is 3. The van der Waals surface area contributed by atoms with Gasteiger partial charge in [-0.15, -0.1) is 0 Å². The smallest absolute Gasteiger partial charge is 0.275 e. The Kier molecular flexibility index (Phi) is 6.39. The molecule has 1 fully saturated rings. The van der Waals surface area contributed by atoms with E-state index in [4.69, 9.17) is 16.3 Å². The SMILES string of the molecule is COc1cc(N2CCNCC2)ccc1Nc1nc(Nc2c(F)cccc2Cl)cc2cn[nH]c(=O)c12. The first-order valence-electron chi connectivity index (χ1n) is 11.0. The molecule has 180 valence electrons. The summed E-state index contributed by atoms with van der Waals surface area (Å²) in [7, 11) is 1.59. The lowest BCUT2D eigenvalue weighted by molar-refractivity contribution is 0.416. The number of pyridine rings is 1. The predicted molar refractivity (Wildman–Crippen MR) is 136 cm³/mol. The first-order valence-corrected chi connectivity index (χ1v) is 11.4. The summed E-state index contributed by atoms with van der Waals surface area (Å²) in [6, 6.07) is 11.8. The van der Waals surface area contributed by atoms with Gasteiger partial charge < -0.3 is 25.6 Å². The first-order chi connectivity index (χ1) is 17.0. The predicted octanol–water partition coefficient (Wildman–Crippen LogP) is 4.02. The molecule has 0 amide bonds. The monoisotopic (exact) mass is 495 g/mol. The third kappa shape index (κ3) is 4.71. The lowest BCUT2D eigenvalue weighted by Gasteiger charge is -2.30. The van der Waals surface area contributed by atoms with E-state index in [2.05, 4.69) is 36.0 Å². The molecule has 0 atom stereocenters. The molecule has 1 saturated heterocycles. The number of nitrogens with one attached hydrogen (secondary N) is 4. The molecule has 5 rings (SSSR count). The van der Waals surface area contributed by atoms with Gasteiger partial charge in [-0.3, -0.25) is 4.79 Å². The van der Waals surface area contributed by atoms with Gasteiger partial charge in [-0.2, -0.15) is 5.10 Å². The van der Waals surface area contributed by atoms with Crippen LogP contribution in [-0.4, -0.2) is 48.5 Å². The fourth-order valence-electron chi connectivity index (χ4n) is 4.05. The number of anilines is 5. The molecule has 3 heterocycles. The van der Waals surface area contributed by atoms with E-state index in [0.29, 0.717) is 22.2 Å². The molecule has 2 aromatic heterocycles. The molecule has 0 aliphatic carbocycles. The van der Waals surface area contributed by atoms with Crippen LogP contribution in [-0.2, 0) is 0 Å². The molecule has 1 aliphatic heterocycles. The zero-order valence-electron chi connectivity index (χ0n) is 18.9. The lowest BCUT2D eigenvalue weighted by Crippen LogP contribution is -2.43. The van der Waals surface area contributed by atoms with Gasteiger partial charge in [0.1, 0.15) is 23.2 Å². The van der Waals surface area contributed by atoms with E-state index in [1.54, 1.807) is 19.2 Å². The van der Waals surface area contributed by atoms with Gasteiger partial charge in [0.2, 0.25) is 0 Å². The van der Waals surface area contributed by atoms with E-state index < -0.39 is 11.4 Å². The topological polar surface area (TPSA) is 107 Å². The quantitative estimate of drug-likeness (QED) is 0.318. The Morgan fingerprint density at radius 2 is 1.97 bits per heavy atom. The number of fused-ring (bicyclic) bond motifs is 1. The summed E-state index contributed by atoms with van der Waals surface area (Å²) in [6.07, 6.45) is 1.50. The number of methoxy groups -OCH3 is 1. The van der Waals surface area contributed by atoms with Crippen molar-refractivity contribution in [3.05, 3.63) is 69.9 Å². The summed E-state index contributed by atoms with van der Waals surface area (Å²) in [5.41, 5.74) is 1.34. The van der Waals surface area contributed by atoms with Crippen LogP contribution in [0, 0.1) is 5.82 Å². The third-order valence-corrected chi connectivity index (χ3v) is 6.10. The van der Waals surface area contributed by atoms with Crippen molar-refractivity contribution >= 4 is 51.1 Å². The highest BCUT2D eigenvalue weighted by molar-refractivity contribution is 6.33. The maximum Gasteiger partial charge on any atom is 0.275 e. The average Bonchev–Trinajstić information content (AvgIpc) is 2.87. The number of hydrogen-bond donors (Lipinski definition) is 4. The molecule has 11 heteroatoms. The van der Waals surface area contributed by atoms with Crippen molar-refractivity contribution in [3.8, 4) is 5.75 Å². The summed E-state index contributed by atoms with van der Waals surface area (Å²) in [5, 5.41) is 16.8. The van der Waals surface area contributed by atoms with E-state index >= 15 is 0 Å². The molecular formula is C24H23ClFN7O2. The van der Waals surface area contributed by atoms with Crippen molar-refractivity contribution in [3.63, 3.8) is 0 Å². The Morgan fingerprint density at radius 3 is 2.74 bits per heavy atom. The number of ether oxygens (including phenoxy) is 1. The highest BCUT2D eigenvalue weighted by Gasteiger charge is 2.17. The molecule has 0 spiro atoms. The van der Waals surface area contributed by atoms with Gasteiger partial charge in [0.15, 0.2) is 0 Å². The van der Waals surface area contributed by atoms with Gasteiger partial charge >= 0.3 is 0 Å². The molecule has 4 aromatic rings. The highest BCUT2D eigenvalue weighted by Crippen LogP contribution is 2.35. The Morgan fingerprint density at radius 1 is 1.14 bits per heavy atom. The third-order valence-electron chi connectivity index (χ3n) is 5.78. The van der Waals surface area contributed by atoms with E-state index in [1.807, 2.05) is 18.2 Å². The van der Waals surface area contributed by atoms with Crippen LogP contribution < -0.4 is 31.1 Å². The number of H-pyrrole nitrogens is 1. The molecule has 0 radical (unpaired) electrons. The van der Waals surface area contributed by atoms with Crippen LogP contribution >= 0.6 is 11.6 Å². The summed E-state index contributed by atoms with van der Waals surface area (Å²) in [5.74, 6) is 0.616. The normalized spacial score (nSPS) is 13.6. The van der Waals surface area contributed by atoms with Crippen molar-refractivity contribution in [1.82, 2.24) is 20.5 Å². The van der Waals surface area contributed by atoms with Crippen LogP contribution in [0.2, 0.25) is 5.02 Å². The highest BCUT2D eigenvalue weighted by atomic mass is 35.5. The summed E-state index contributed by atoms with van der Waals surface area (Å²) in [4.78, 5) is 19.5. The van der Waals surface area contributed by atoms with Crippen molar-refractivity contribution in [1.29, 1.82) is 0 Å². The molecule has 0 saturated carbocycles. The second-order valence-electron chi connectivity index (χ2n) is 7.99. The number of halogens is 2. The summed E-state index contributed by atoms with van der Waals surface area (Å²) < 4.78 is 20.0. The molecule has 4 N–H and O–H groups in total. The van der Waals surface area contributed by atoms with Crippen molar-refractivity contribution in [2.45, 2.75) is 0 Å². The van der Waals surface area contributed by atoms with E-state index in [-0.39, 0.29) is 22.3 Å². The summed E-state index contributed by atoms with van der Waals surface area (Å²) in [6.45, 7) is 3.63. The fraction of sp³-hybridized carbons (Fsp3) is 0.208. The van der Waals surface area contributed by atoms with Gasteiger partial charge in [-0.05, 0) is 30.3 Å². The standard InChI is InChI=1S/C24H23ClFN7O2/c1-35-19-12-15(33-9-7-27-8-10-33)5-6-18(19)29-23-21-14(13-28-32-24(21)34)11-20(31-23)30-22-16(25)3-2-4-17(22)26/h2-6,11-13,27H,7-10H2,1H3,(H,32,34)(H2,29,30,31). The molecule has 1 aliphatic rings. The van der Waals surface area contributed by atoms with Crippen LogP contribution in [0.1, 0.15) is 0 Å². The Balaban J connectivity index is 1.55. The van der Waals surface area contributed by atoms with Crippen LogP contribution in [0.3, 0.4) is 0 Å². The molecular weight excluding hydrogens is 473 g/mol. The van der Waals surface area contributed by atoms with E-state index in [1.165, 1.54) is 18.3 Å². The lowest BCUT2D eigenvalue weighted by atomic mass is 10.2. The molecule has 9 nitrogen and oxygen atoms in total. The number of aromatic nitrogens is 3. The Hall–Kier alpha value is -3.89. The van der Waals surface area contributed by atoms with Gasteiger partial charge in [0.25, 0.3) is 5.56 Å². The minimum Gasteiger partial charge on any atom is -0.494 e. The number of benzene rings is 2. The van der Waals surface area contributed by atoms with Crippen molar-refractivity contribution in [2.75, 3.05) is 48.8 Å². The number of piperazine rings is 1. The van der Waals surface area contributed by atoms with Crippen LogP contribution in [0.4, 0.5) is 33.1 Å². The van der Waals surface area contributed by atoms with Gasteiger partial charge in [-0.25, -0.2) is 14.5 Å². The van der Waals surface area contributed by atoms with Gasteiger partial charge in [0.05, 0.1) is 35.1 Å². The van der Waals surface area contributed by atoms with Crippen LogP contribution in [0.25, 0.3) is 10.8 Å². The zero-order chi connectivity index (χ0) is 24.4. The van der Waals surface area contributed by atoms with E-state index in [0.717, 1.165) is 31.9 Å². The summed E-state index contributed by atoms with van der Waals surface area (Å²) >= 11 is 6.17. The molecule has 0 unspecified atom stereocenters. The van der Waals surface area contributed by atoms with Crippen LogP contribution in [0.5, 0.6) is 5.75 Å². The van der Waals surface area contributed by atoms with Gasteiger partial charge in [0, 0.05) is 43.3 Å². The Labute approximate surface area is 205 Å². The maximum absolute atomic E-state index is 14.4. The largest absolute Gasteiger partial charge is 0.494 e. The van der Waals surface area contributed by atoms with Crippen LogP contribution in [0.15, 0.2) is 53.5 Å². The fourth-order valence-corrected chi connectivity index (χ4v) is 4.26. The first kappa shape index (κ1) is 22.9. The second kappa shape index (κ2) is 9.77. The second-order valence-corrected chi connectivity index (χ2v) is 8.39. The average molecular weight is 496 g/mol. The number of hydrogen-bond acceptors (Lipinski definition) is 8. The number of aromatic amines is 1. The van der Waals surface area contributed by atoms with E-state index in [9.17, 15) is 9.18 Å². The number of rotatable bonds is 6. The van der Waals surface area contributed by atoms with Crippen molar-refractivity contribution in [2.24, 2.45) is 0 Å². The molecule has 0 bridgehead atoms. The number of para-hydroxylation sites is 1. The zero-order valence-corrected chi connectivity index (χ0v) is 19.6. The molecule has 2 aromatic carbocycles. The Bertz CT molecular complexity index is 1420.